The van der Waals surface area contributed by atoms with Crippen LogP contribution in [0.3, 0.4) is 0 Å². The van der Waals surface area contributed by atoms with E-state index in [2.05, 4.69) is 24.2 Å². The van der Waals surface area contributed by atoms with Gasteiger partial charge in [-0.25, -0.2) is 0 Å². The first-order valence-corrected chi connectivity index (χ1v) is 10.4. The molecule has 3 aromatic rings. The second-order valence-electron chi connectivity index (χ2n) is 7.57. The number of thiophene rings is 1. The van der Waals surface area contributed by atoms with E-state index in [1.165, 1.54) is 5.56 Å². The molecule has 6 heteroatoms. The van der Waals surface area contributed by atoms with Crippen molar-refractivity contribution in [1.29, 1.82) is 0 Å². The van der Waals surface area contributed by atoms with Gasteiger partial charge in [0.25, 0.3) is 5.91 Å². The Kier molecular flexibility index (Phi) is 5.02. The monoisotopic (exact) mass is 382 g/mol. The van der Waals surface area contributed by atoms with Gasteiger partial charge in [-0.1, -0.05) is 37.3 Å². The van der Waals surface area contributed by atoms with Crippen LogP contribution in [0.4, 0.5) is 0 Å². The van der Waals surface area contributed by atoms with Crippen molar-refractivity contribution in [3.63, 3.8) is 0 Å². The van der Waals surface area contributed by atoms with E-state index in [9.17, 15) is 4.79 Å². The van der Waals surface area contributed by atoms with Gasteiger partial charge < -0.3 is 10.6 Å². The Bertz CT molecular complexity index is 946. The van der Waals surface area contributed by atoms with Crippen LogP contribution >= 0.6 is 11.3 Å². The number of nitrogens with two attached hydrogens (primary N) is 1. The summed E-state index contributed by atoms with van der Waals surface area (Å²) in [6, 6.07) is 12.3. The summed E-state index contributed by atoms with van der Waals surface area (Å²) in [5.41, 5.74) is 8.09. The summed E-state index contributed by atoms with van der Waals surface area (Å²) >= 11 is 1.55. The highest BCUT2D eigenvalue weighted by atomic mass is 32.1. The van der Waals surface area contributed by atoms with Crippen LogP contribution in [0.25, 0.3) is 10.2 Å². The van der Waals surface area contributed by atoms with Gasteiger partial charge >= 0.3 is 0 Å². The van der Waals surface area contributed by atoms with Crippen molar-refractivity contribution < 1.29 is 4.79 Å². The number of hydrogen-bond acceptors (Lipinski definition) is 4. The van der Waals surface area contributed by atoms with Gasteiger partial charge in [0.05, 0.1) is 17.1 Å². The first kappa shape index (κ1) is 18.2. The Hall–Kier alpha value is -2.18. The van der Waals surface area contributed by atoms with E-state index in [-0.39, 0.29) is 5.91 Å². The maximum atomic E-state index is 13.1. The molecule has 2 N–H and O–H groups in total. The number of fused-ring (bicyclic) bond motifs is 1. The average Bonchev–Trinajstić information content (AvgIpc) is 3.24. The van der Waals surface area contributed by atoms with E-state index < -0.39 is 0 Å². The molecule has 1 fully saturated rings. The normalized spacial score (nSPS) is 20.3. The fourth-order valence-corrected chi connectivity index (χ4v) is 5.01. The molecule has 5 nitrogen and oxygen atoms in total. The molecule has 0 aliphatic carbocycles. The van der Waals surface area contributed by atoms with Gasteiger partial charge in [-0.05, 0) is 43.4 Å². The summed E-state index contributed by atoms with van der Waals surface area (Å²) in [4.78, 5) is 16.9. The average molecular weight is 383 g/mol. The molecule has 0 spiro atoms. The summed E-state index contributed by atoms with van der Waals surface area (Å²) in [6.07, 6.45) is 1.03. The molecule has 0 radical (unpaired) electrons. The van der Waals surface area contributed by atoms with Crippen molar-refractivity contribution >= 4 is 27.5 Å². The van der Waals surface area contributed by atoms with Crippen molar-refractivity contribution in [3.8, 4) is 0 Å². The zero-order chi connectivity index (χ0) is 19.0. The Morgan fingerprint density at radius 2 is 2.11 bits per heavy atom. The summed E-state index contributed by atoms with van der Waals surface area (Å²) in [5.74, 6) is 1.11. The zero-order valence-electron chi connectivity index (χ0n) is 15.9. The summed E-state index contributed by atoms with van der Waals surface area (Å²) < 4.78 is 2.02. The van der Waals surface area contributed by atoms with E-state index in [1.807, 2.05) is 40.8 Å². The molecule has 0 bridgehead atoms. The number of hydrogen-bond donors (Lipinski definition) is 1. The molecule has 1 saturated heterocycles. The lowest BCUT2D eigenvalue weighted by Crippen LogP contribution is -2.45. The van der Waals surface area contributed by atoms with Gasteiger partial charge in [-0.15, -0.1) is 11.3 Å². The predicted octanol–water partition coefficient (Wildman–Crippen LogP) is 3.51. The number of piperidine rings is 1. The highest BCUT2D eigenvalue weighted by molar-refractivity contribution is 7.20. The molecule has 4 rings (SSSR count). The van der Waals surface area contributed by atoms with Gasteiger partial charge in [0, 0.05) is 18.5 Å². The lowest BCUT2D eigenvalue weighted by atomic mass is 9.87. The van der Waals surface area contributed by atoms with E-state index in [1.54, 1.807) is 11.3 Å². The topological polar surface area (TPSA) is 64.2 Å². The zero-order valence-corrected chi connectivity index (χ0v) is 16.7. The van der Waals surface area contributed by atoms with Crippen molar-refractivity contribution in [2.24, 2.45) is 17.6 Å². The van der Waals surface area contributed by atoms with Gasteiger partial charge in [-0.2, -0.15) is 5.10 Å². The molecule has 142 valence electrons. The van der Waals surface area contributed by atoms with Crippen molar-refractivity contribution in [2.75, 3.05) is 19.6 Å². The number of benzene rings is 1. The van der Waals surface area contributed by atoms with Crippen LogP contribution in [0.5, 0.6) is 0 Å². The van der Waals surface area contributed by atoms with Crippen LogP contribution in [0, 0.1) is 18.8 Å². The Balaban J connectivity index is 1.60. The van der Waals surface area contributed by atoms with Crippen LogP contribution < -0.4 is 5.73 Å². The minimum absolute atomic E-state index is 0.132. The molecule has 0 saturated carbocycles. The highest BCUT2D eigenvalue weighted by Crippen LogP contribution is 2.31. The van der Waals surface area contributed by atoms with Crippen LogP contribution in [0.1, 0.15) is 34.3 Å². The highest BCUT2D eigenvalue weighted by Gasteiger charge is 2.29. The van der Waals surface area contributed by atoms with Crippen LogP contribution in [-0.2, 0) is 6.54 Å². The molecule has 27 heavy (non-hydrogen) atoms. The summed E-state index contributed by atoms with van der Waals surface area (Å²) in [6.45, 7) is 7.19. The third-order valence-electron chi connectivity index (χ3n) is 5.70. The first-order chi connectivity index (χ1) is 13.1. The summed E-state index contributed by atoms with van der Waals surface area (Å²) in [7, 11) is 0. The Morgan fingerprint density at radius 3 is 2.85 bits per heavy atom. The third-order valence-corrected chi connectivity index (χ3v) is 6.83. The lowest BCUT2D eigenvalue weighted by molar-refractivity contribution is 0.0623. The standard InChI is InChI=1S/C21H26N4OS/c1-14-8-9-24(13-17(14)11-22)20(26)19-10-18-15(2)23-25(21(18)27-19)12-16-6-4-3-5-7-16/h3-7,10,14,17H,8-9,11-13,22H2,1-2H3. The van der Waals surface area contributed by atoms with Crippen LogP contribution in [-0.4, -0.2) is 40.2 Å². The second-order valence-corrected chi connectivity index (χ2v) is 8.60. The van der Waals surface area contributed by atoms with E-state index >= 15 is 0 Å². The maximum Gasteiger partial charge on any atom is 0.264 e. The maximum absolute atomic E-state index is 13.1. The Morgan fingerprint density at radius 1 is 1.33 bits per heavy atom. The number of nitrogens with zero attached hydrogens (tertiary/aromatic N) is 3. The lowest BCUT2D eigenvalue weighted by Gasteiger charge is -2.36. The van der Waals surface area contributed by atoms with Crippen LogP contribution in [0.2, 0.25) is 0 Å². The molecule has 1 aliphatic heterocycles. The fourth-order valence-electron chi connectivity index (χ4n) is 3.88. The van der Waals surface area contributed by atoms with Crippen LogP contribution in [0.15, 0.2) is 36.4 Å². The third kappa shape index (κ3) is 3.51. The number of aromatic nitrogens is 2. The predicted molar refractivity (Wildman–Crippen MR) is 110 cm³/mol. The van der Waals surface area contributed by atoms with E-state index in [4.69, 9.17) is 5.73 Å². The minimum Gasteiger partial charge on any atom is -0.338 e. The van der Waals surface area contributed by atoms with Gasteiger partial charge in [0.1, 0.15) is 4.83 Å². The molecule has 2 aromatic heterocycles. The molecular weight excluding hydrogens is 356 g/mol. The summed E-state index contributed by atoms with van der Waals surface area (Å²) in [5, 5.41) is 5.76. The molecule has 1 aliphatic rings. The number of amides is 1. The van der Waals surface area contributed by atoms with Gasteiger partial charge in [0.2, 0.25) is 0 Å². The van der Waals surface area contributed by atoms with E-state index in [0.29, 0.717) is 18.4 Å². The molecule has 1 amide bonds. The largest absolute Gasteiger partial charge is 0.338 e. The number of aryl methyl sites for hydroxylation is 1. The second kappa shape index (κ2) is 7.44. The molecule has 2 atom stereocenters. The molecule has 1 aromatic carbocycles. The fraction of sp³-hybridized carbons (Fsp3) is 0.429. The van der Waals surface area contributed by atoms with Gasteiger partial charge in [0.15, 0.2) is 0 Å². The smallest absolute Gasteiger partial charge is 0.264 e. The molecule has 2 unspecified atom stereocenters. The van der Waals surface area contributed by atoms with Crippen molar-refractivity contribution in [2.45, 2.75) is 26.8 Å². The van der Waals surface area contributed by atoms with Crippen molar-refractivity contribution in [1.82, 2.24) is 14.7 Å². The van der Waals surface area contributed by atoms with E-state index in [0.717, 1.165) is 46.8 Å². The Labute approximate surface area is 163 Å². The SMILES string of the molecule is Cc1nn(Cc2ccccc2)c2sc(C(=O)N3CCC(C)C(CN)C3)cc12. The van der Waals surface area contributed by atoms with Crippen molar-refractivity contribution in [3.05, 3.63) is 52.5 Å². The number of carbonyl (C=O) groups is 1. The number of rotatable bonds is 4. The number of carbonyl (C=O) groups excluding carboxylic acids is 1. The molecule has 3 heterocycles. The minimum atomic E-state index is 0.132. The first-order valence-electron chi connectivity index (χ1n) is 9.57. The quantitative estimate of drug-likeness (QED) is 0.751. The molecular formula is C21H26N4OS. The van der Waals surface area contributed by atoms with Gasteiger partial charge in [-0.3, -0.25) is 9.48 Å². The number of likely N-dealkylation sites (tertiary alicyclic amines) is 1.